The molecule has 2 heterocycles. The highest BCUT2D eigenvalue weighted by atomic mass is 32.2. The minimum Gasteiger partial charge on any atom is -0.365 e. The summed E-state index contributed by atoms with van der Waals surface area (Å²) in [6.07, 6.45) is 0. The van der Waals surface area contributed by atoms with Crippen molar-refractivity contribution >= 4 is 11.8 Å². The third-order valence-electron chi connectivity index (χ3n) is 4.25. The molecule has 0 unspecified atom stereocenters. The Hall–Kier alpha value is -2.37. The van der Waals surface area contributed by atoms with Crippen molar-refractivity contribution < 1.29 is 5.11 Å². The Kier molecular flexibility index (Phi) is 3.55. The van der Waals surface area contributed by atoms with E-state index in [0.29, 0.717) is 16.4 Å². The first kappa shape index (κ1) is 15.2. The lowest BCUT2D eigenvalue weighted by atomic mass is 9.94. The van der Waals surface area contributed by atoms with Crippen LogP contribution in [-0.4, -0.2) is 14.7 Å². The summed E-state index contributed by atoms with van der Waals surface area (Å²) in [5.74, 6) is 0. The van der Waals surface area contributed by atoms with Crippen LogP contribution in [0.4, 0.5) is 0 Å². The average molecular weight is 336 g/mol. The lowest BCUT2D eigenvalue weighted by Crippen LogP contribution is -2.42. The Bertz CT molecular complexity index is 941. The highest BCUT2D eigenvalue weighted by Gasteiger charge is 2.49. The first-order valence-corrected chi connectivity index (χ1v) is 8.59. The lowest BCUT2D eigenvalue weighted by molar-refractivity contribution is -0.00250. The van der Waals surface area contributed by atoms with Crippen LogP contribution >= 0.6 is 11.8 Å². The Morgan fingerprint density at radius 3 is 2.38 bits per heavy atom. The molecule has 1 aliphatic rings. The molecule has 120 valence electrons. The molecule has 0 fully saturated rings. The standard InChI is InChI=1S/C19H16N2O2S/c1-13-12-16(22)21-18(20-13)24-17(14-8-4-2-5-9-14)19(21,23)15-10-6-3-7-11-15/h2-12,17,23H,1H3/t17-,19+/m0/s1. The van der Waals surface area contributed by atoms with Gasteiger partial charge in [0.05, 0.1) is 5.25 Å². The summed E-state index contributed by atoms with van der Waals surface area (Å²) in [5.41, 5.74) is 0.576. The van der Waals surface area contributed by atoms with Gasteiger partial charge in [0.15, 0.2) is 10.9 Å². The van der Waals surface area contributed by atoms with Crippen molar-refractivity contribution in [1.82, 2.24) is 9.55 Å². The largest absolute Gasteiger partial charge is 0.365 e. The number of benzene rings is 2. The molecule has 0 aliphatic carbocycles. The van der Waals surface area contributed by atoms with Crippen LogP contribution in [0.3, 0.4) is 0 Å². The van der Waals surface area contributed by atoms with Crippen molar-refractivity contribution in [2.24, 2.45) is 0 Å². The molecule has 0 amide bonds. The van der Waals surface area contributed by atoms with E-state index in [1.54, 1.807) is 6.92 Å². The van der Waals surface area contributed by atoms with Crippen LogP contribution in [0.15, 0.2) is 76.7 Å². The number of aromatic nitrogens is 2. The Morgan fingerprint density at radius 1 is 1.08 bits per heavy atom. The van der Waals surface area contributed by atoms with Crippen molar-refractivity contribution in [3.8, 4) is 0 Å². The van der Waals surface area contributed by atoms with E-state index in [9.17, 15) is 9.90 Å². The Morgan fingerprint density at radius 2 is 1.71 bits per heavy atom. The molecule has 5 heteroatoms. The van der Waals surface area contributed by atoms with Crippen LogP contribution < -0.4 is 5.56 Å². The Labute approximate surface area is 143 Å². The van der Waals surface area contributed by atoms with Gasteiger partial charge in [-0.1, -0.05) is 72.4 Å². The van der Waals surface area contributed by atoms with Gasteiger partial charge in [-0.25, -0.2) is 4.98 Å². The predicted octanol–water partition coefficient (Wildman–Crippen LogP) is 3.09. The SMILES string of the molecule is Cc1cc(=O)n2c(n1)S[C@@H](c1ccccc1)[C@]2(O)c1ccccc1. The van der Waals surface area contributed by atoms with Crippen LogP contribution in [-0.2, 0) is 5.72 Å². The predicted molar refractivity (Wildman–Crippen MR) is 94.0 cm³/mol. The summed E-state index contributed by atoms with van der Waals surface area (Å²) in [7, 11) is 0. The molecule has 1 aromatic heterocycles. The fourth-order valence-corrected chi connectivity index (χ4v) is 4.60. The molecule has 24 heavy (non-hydrogen) atoms. The smallest absolute Gasteiger partial charge is 0.257 e. The van der Waals surface area contributed by atoms with Crippen molar-refractivity contribution in [2.45, 2.75) is 23.1 Å². The van der Waals surface area contributed by atoms with Gasteiger partial charge in [0.2, 0.25) is 0 Å². The molecule has 2 atom stereocenters. The van der Waals surface area contributed by atoms with E-state index in [1.807, 2.05) is 60.7 Å². The number of rotatable bonds is 2. The van der Waals surface area contributed by atoms with Crippen LogP contribution in [0.5, 0.6) is 0 Å². The van der Waals surface area contributed by atoms with Gasteiger partial charge in [-0.3, -0.25) is 9.36 Å². The summed E-state index contributed by atoms with van der Waals surface area (Å²) in [6, 6.07) is 20.5. The topological polar surface area (TPSA) is 55.1 Å². The monoisotopic (exact) mass is 336 g/mol. The second-order valence-electron chi connectivity index (χ2n) is 5.85. The maximum Gasteiger partial charge on any atom is 0.257 e. The first-order chi connectivity index (χ1) is 11.6. The fourth-order valence-electron chi connectivity index (χ4n) is 3.16. The van der Waals surface area contributed by atoms with Gasteiger partial charge in [0.25, 0.3) is 5.56 Å². The van der Waals surface area contributed by atoms with E-state index in [0.717, 1.165) is 5.56 Å². The summed E-state index contributed by atoms with van der Waals surface area (Å²) < 4.78 is 1.41. The fraction of sp³-hybridized carbons (Fsp3) is 0.158. The van der Waals surface area contributed by atoms with Crippen molar-refractivity contribution in [3.63, 3.8) is 0 Å². The molecule has 0 bridgehead atoms. The van der Waals surface area contributed by atoms with E-state index < -0.39 is 5.72 Å². The Balaban J connectivity index is 2.00. The normalized spacial score (nSPS) is 22.3. The van der Waals surface area contributed by atoms with Gasteiger partial charge in [0, 0.05) is 17.3 Å². The molecule has 0 spiro atoms. The number of aliphatic hydroxyl groups is 1. The van der Waals surface area contributed by atoms with Crippen LogP contribution in [0, 0.1) is 6.92 Å². The quantitative estimate of drug-likeness (QED) is 0.731. The summed E-state index contributed by atoms with van der Waals surface area (Å²) >= 11 is 1.42. The molecule has 4 rings (SSSR count). The second-order valence-corrected chi connectivity index (χ2v) is 6.93. The maximum absolute atomic E-state index is 12.6. The third-order valence-corrected chi connectivity index (χ3v) is 5.57. The van der Waals surface area contributed by atoms with Crippen molar-refractivity contribution in [1.29, 1.82) is 0 Å². The molecule has 2 aromatic carbocycles. The highest BCUT2D eigenvalue weighted by molar-refractivity contribution is 7.99. The number of nitrogens with zero attached hydrogens (tertiary/aromatic N) is 2. The summed E-state index contributed by atoms with van der Waals surface area (Å²) in [5, 5.41) is 11.9. The van der Waals surface area contributed by atoms with Crippen molar-refractivity contribution in [2.75, 3.05) is 0 Å². The van der Waals surface area contributed by atoms with E-state index in [-0.39, 0.29) is 10.8 Å². The maximum atomic E-state index is 12.6. The summed E-state index contributed by atoms with van der Waals surface area (Å²) in [6.45, 7) is 1.79. The minimum absolute atomic E-state index is 0.241. The first-order valence-electron chi connectivity index (χ1n) is 7.71. The molecular weight excluding hydrogens is 320 g/mol. The molecule has 1 aliphatic heterocycles. The molecule has 0 radical (unpaired) electrons. The van der Waals surface area contributed by atoms with E-state index in [2.05, 4.69) is 4.98 Å². The van der Waals surface area contributed by atoms with Gasteiger partial charge < -0.3 is 5.11 Å². The van der Waals surface area contributed by atoms with Crippen LogP contribution in [0.1, 0.15) is 22.1 Å². The van der Waals surface area contributed by atoms with Gasteiger partial charge >= 0.3 is 0 Å². The van der Waals surface area contributed by atoms with Gasteiger partial charge in [-0.15, -0.1) is 0 Å². The number of thioether (sulfide) groups is 1. The van der Waals surface area contributed by atoms with E-state index in [1.165, 1.54) is 22.4 Å². The second kappa shape index (κ2) is 5.61. The number of aryl methyl sites for hydroxylation is 1. The highest BCUT2D eigenvalue weighted by Crippen LogP contribution is 2.53. The summed E-state index contributed by atoms with van der Waals surface area (Å²) in [4.78, 5) is 17.1. The molecule has 0 saturated carbocycles. The number of hydrogen-bond donors (Lipinski definition) is 1. The molecular formula is C19H16N2O2S. The van der Waals surface area contributed by atoms with Gasteiger partial charge in [0.1, 0.15) is 0 Å². The minimum atomic E-state index is -1.47. The third kappa shape index (κ3) is 2.20. The van der Waals surface area contributed by atoms with Crippen molar-refractivity contribution in [3.05, 3.63) is 93.9 Å². The van der Waals surface area contributed by atoms with E-state index >= 15 is 0 Å². The molecule has 4 nitrogen and oxygen atoms in total. The van der Waals surface area contributed by atoms with Crippen LogP contribution in [0.2, 0.25) is 0 Å². The van der Waals surface area contributed by atoms with Gasteiger partial charge in [-0.05, 0) is 12.5 Å². The number of fused-ring (bicyclic) bond motifs is 1. The average Bonchev–Trinajstić information content (AvgIpc) is 2.90. The zero-order chi connectivity index (χ0) is 16.7. The van der Waals surface area contributed by atoms with E-state index in [4.69, 9.17) is 0 Å². The zero-order valence-electron chi connectivity index (χ0n) is 13.1. The zero-order valence-corrected chi connectivity index (χ0v) is 13.9. The molecule has 1 N–H and O–H groups in total. The molecule has 0 saturated heterocycles. The molecule has 3 aromatic rings. The number of hydrogen-bond acceptors (Lipinski definition) is 4. The lowest BCUT2D eigenvalue weighted by Gasteiger charge is -2.31. The van der Waals surface area contributed by atoms with Gasteiger partial charge in [-0.2, -0.15) is 0 Å². The van der Waals surface area contributed by atoms with Crippen LogP contribution in [0.25, 0.3) is 0 Å².